The van der Waals surface area contributed by atoms with Gasteiger partial charge in [-0.05, 0) is 75.0 Å². The molecule has 402 valence electrons. The number of nitrogens with one attached hydrogen (secondary N) is 7. The fourth-order valence-corrected chi connectivity index (χ4v) is 8.98. The summed E-state index contributed by atoms with van der Waals surface area (Å²) in [7, 11) is 0. The van der Waals surface area contributed by atoms with Crippen molar-refractivity contribution in [1.29, 1.82) is 0 Å². The number of H-pyrrole nitrogens is 1. The number of nitrogens with zero attached hydrogens (tertiary/aromatic N) is 1. The van der Waals surface area contributed by atoms with Crippen LogP contribution in [-0.2, 0) is 56.0 Å². The topological polar surface area (TPSA) is 375 Å². The Kier molecular flexibility index (Phi) is 24.2. The number of urea groups is 1. The van der Waals surface area contributed by atoms with Crippen LogP contribution in [0.3, 0.4) is 0 Å². The van der Waals surface area contributed by atoms with Crippen molar-refractivity contribution in [1.82, 2.24) is 36.9 Å². The molecule has 15 N–H and O–H groups in total. The number of hydrogen-bond acceptors (Lipinski definition) is 11. The molecule has 1 aliphatic rings. The van der Waals surface area contributed by atoms with Gasteiger partial charge in [-0.25, -0.2) is 4.79 Å². The number of aliphatic imine (C=N–C) groups is 1. The molecule has 22 heteroatoms. The highest BCUT2D eigenvalue weighted by Crippen LogP contribution is 2.27. The van der Waals surface area contributed by atoms with Gasteiger partial charge in [0.1, 0.15) is 29.7 Å². The third kappa shape index (κ3) is 20.1. The van der Waals surface area contributed by atoms with Crippen LogP contribution in [0.25, 0.3) is 10.9 Å². The molecule has 1 aliphatic heterocycles. The van der Waals surface area contributed by atoms with Gasteiger partial charge in [0.25, 0.3) is 0 Å². The Morgan fingerprint density at radius 2 is 1.53 bits per heavy atom. The second-order valence-electron chi connectivity index (χ2n) is 18.9. The predicted octanol–water partition coefficient (Wildman–Crippen LogP) is 1.12. The average Bonchev–Trinajstić information content (AvgIpc) is 3.76. The fraction of sp³-hybridized carbons (Fsp3) is 0.519. The lowest BCUT2D eigenvalue weighted by Gasteiger charge is -2.27. The minimum atomic E-state index is -1.43. The number of unbranched alkanes of at least 4 members (excludes halogenated alkanes) is 1. The van der Waals surface area contributed by atoms with E-state index in [0.717, 1.165) is 16.5 Å². The van der Waals surface area contributed by atoms with Crippen LogP contribution in [-0.4, -0.2) is 114 Å². The van der Waals surface area contributed by atoms with Crippen molar-refractivity contribution in [2.75, 3.05) is 19.6 Å². The first-order valence-electron chi connectivity index (χ1n) is 25.3. The molecule has 2 aromatic carbocycles. The van der Waals surface area contributed by atoms with Crippen LogP contribution in [0.1, 0.15) is 108 Å². The number of hydrogen-bond donors (Lipinski definition) is 11. The first-order valence-corrected chi connectivity index (χ1v) is 25.3. The van der Waals surface area contributed by atoms with E-state index in [0.29, 0.717) is 18.4 Å². The minimum absolute atomic E-state index is 0.0118. The van der Waals surface area contributed by atoms with Crippen molar-refractivity contribution in [3.8, 4) is 0 Å². The quantitative estimate of drug-likeness (QED) is 0.0383. The second kappa shape index (κ2) is 30.4. The van der Waals surface area contributed by atoms with E-state index in [1.54, 1.807) is 36.5 Å². The monoisotopic (exact) mass is 1030 g/mol. The number of aromatic amines is 1. The Morgan fingerprint density at radius 3 is 2.22 bits per heavy atom. The van der Waals surface area contributed by atoms with E-state index in [-0.39, 0.29) is 109 Å². The molecule has 2 heterocycles. The van der Waals surface area contributed by atoms with Crippen LogP contribution < -0.4 is 54.8 Å². The van der Waals surface area contributed by atoms with Gasteiger partial charge >= 0.3 is 6.03 Å². The minimum Gasteiger partial charge on any atom is -0.370 e. The van der Waals surface area contributed by atoms with Gasteiger partial charge < -0.3 is 59.8 Å². The Balaban J connectivity index is 1.76. The molecule has 4 rings (SSSR count). The van der Waals surface area contributed by atoms with Gasteiger partial charge in [-0.1, -0.05) is 68.3 Å². The normalized spacial score (nSPS) is 20.2. The van der Waals surface area contributed by atoms with Gasteiger partial charge in [-0.15, -0.1) is 0 Å². The van der Waals surface area contributed by atoms with E-state index < -0.39 is 101 Å². The molecule has 0 bridgehead atoms. The number of benzene rings is 2. The number of Topliss-reactive ketones (excluding diaryl/α,β-unsaturated/α-hetero) is 3. The fourth-order valence-electron chi connectivity index (χ4n) is 8.98. The molecule has 7 atom stereocenters. The number of carbonyl (C=O) groups excluding carboxylic acids is 10. The molecule has 22 nitrogen and oxygen atoms in total. The highest BCUT2D eigenvalue weighted by Gasteiger charge is 2.35. The number of ketones is 3. The summed E-state index contributed by atoms with van der Waals surface area (Å²) in [6, 6.07) is 10.4. The van der Waals surface area contributed by atoms with Crippen LogP contribution in [0.4, 0.5) is 4.79 Å². The molecule has 3 aromatic rings. The zero-order valence-corrected chi connectivity index (χ0v) is 42.4. The highest BCUT2D eigenvalue weighted by molar-refractivity contribution is 5.98. The smallest absolute Gasteiger partial charge is 0.312 e. The van der Waals surface area contributed by atoms with E-state index in [4.69, 9.17) is 22.9 Å². The van der Waals surface area contributed by atoms with Crippen molar-refractivity contribution in [3.05, 3.63) is 71.9 Å². The summed E-state index contributed by atoms with van der Waals surface area (Å²) in [5, 5.41) is 16.8. The summed E-state index contributed by atoms with van der Waals surface area (Å²) < 4.78 is 0. The van der Waals surface area contributed by atoms with Crippen molar-refractivity contribution in [3.63, 3.8) is 0 Å². The number of para-hydroxylation sites is 1. The van der Waals surface area contributed by atoms with Gasteiger partial charge in [0.2, 0.25) is 35.4 Å². The number of fused-ring (bicyclic) bond motifs is 1. The summed E-state index contributed by atoms with van der Waals surface area (Å²) in [5.74, 6) is -8.80. The molecule has 0 radical (unpaired) electrons. The Hall–Kier alpha value is -7.65. The molecular formula is C52H74N12O10. The third-order valence-corrected chi connectivity index (χ3v) is 13.0. The van der Waals surface area contributed by atoms with Gasteiger partial charge in [0.15, 0.2) is 11.7 Å². The van der Waals surface area contributed by atoms with E-state index in [2.05, 4.69) is 41.9 Å². The number of carbonyl (C=O) groups is 10. The van der Waals surface area contributed by atoms with Crippen molar-refractivity contribution < 1.29 is 47.9 Å². The van der Waals surface area contributed by atoms with Gasteiger partial charge in [0.05, 0.1) is 6.04 Å². The third-order valence-electron chi connectivity index (χ3n) is 13.0. The van der Waals surface area contributed by atoms with Crippen LogP contribution in [0, 0.1) is 17.8 Å². The lowest BCUT2D eigenvalue weighted by molar-refractivity contribution is -0.135. The van der Waals surface area contributed by atoms with Crippen LogP contribution >= 0.6 is 0 Å². The summed E-state index contributed by atoms with van der Waals surface area (Å²) in [4.78, 5) is 144. The lowest BCUT2D eigenvalue weighted by atomic mass is 9.81. The number of guanidine groups is 1. The summed E-state index contributed by atoms with van der Waals surface area (Å²) in [6.07, 6.45) is 1.98. The number of aromatic nitrogens is 1. The molecule has 1 aromatic heterocycles. The molecular weight excluding hydrogens is 953 g/mol. The zero-order valence-electron chi connectivity index (χ0n) is 42.4. The van der Waals surface area contributed by atoms with Crippen molar-refractivity contribution in [2.45, 2.75) is 134 Å². The van der Waals surface area contributed by atoms with Crippen LogP contribution in [0.2, 0.25) is 0 Å². The molecule has 74 heavy (non-hydrogen) atoms. The van der Waals surface area contributed by atoms with Crippen LogP contribution in [0.5, 0.6) is 0 Å². The molecule has 1 saturated heterocycles. The molecule has 0 saturated carbocycles. The lowest BCUT2D eigenvalue weighted by Crippen LogP contribution is -2.58. The summed E-state index contributed by atoms with van der Waals surface area (Å²) in [6.45, 7) is 3.16. The first-order chi connectivity index (χ1) is 35.3. The van der Waals surface area contributed by atoms with E-state index >= 15 is 0 Å². The molecule has 0 spiro atoms. The maximum atomic E-state index is 14.7. The highest BCUT2D eigenvalue weighted by atomic mass is 16.2. The largest absolute Gasteiger partial charge is 0.370 e. The Bertz CT molecular complexity index is 2460. The van der Waals surface area contributed by atoms with Crippen LogP contribution in [0.15, 0.2) is 65.8 Å². The van der Waals surface area contributed by atoms with Gasteiger partial charge in [-0.2, -0.15) is 0 Å². The maximum Gasteiger partial charge on any atom is 0.312 e. The number of rotatable bonds is 22. The standard InChI is InChI=1S/C52H74N12O10/c1-3-4-16-39(61-31(2)65)48(71)63-41-19-20-46(69)57-24-21-34(44(67)29-35(47(53)70)26-36-30-60-38-17-9-8-15-37(36)38)27-43(66)33(14-10-22-58-51(54)55)28-45(68)42(25-32-12-6-5-7-13-32)64-49(72)40(62-50(41)73)18-11-23-59-52(56)74/h5-9,12-13,15,17,30,33-35,39-42,60H,3-4,10-11,14,16,18-29H2,1-2H3,(H2,53,70)(H,57,69)(H,61,65)(H,62,73)(H,63,71)(H,64,72)(H4,54,55,58)(H3,56,59,74)/t33-,34-,35-,39+,40+,41+,42-/m1/s1. The zero-order chi connectivity index (χ0) is 54.2. The first kappa shape index (κ1) is 58.9. The van der Waals surface area contributed by atoms with Gasteiger partial charge in [0, 0.05) is 87.1 Å². The second-order valence-corrected chi connectivity index (χ2v) is 18.9. The van der Waals surface area contributed by atoms with E-state index in [9.17, 15) is 47.9 Å². The Morgan fingerprint density at radius 1 is 0.811 bits per heavy atom. The number of amides is 8. The van der Waals surface area contributed by atoms with Crippen molar-refractivity contribution >= 4 is 75.7 Å². The Labute approximate surface area is 430 Å². The van der Waals surface area contributed by atoms with Crippen molar-refractivity contribution in [2.24, 2.45) is 45.7 Å². The summed E-state index contributed by atoms with van der Waals surface area (Å²) in [5.41, 5.74) is 24.6. The van der Waals surface area contributed by atoms with E-state index in [1.165, 1.54) is 6.92 Å². The van der Waals surface area contributed by atoms with E-state index in [1.807, 2.05) is 31.2 Å². The number of primary amides is 2. The number of nitrogens with two attached hydrogens (primary N) is 4. The molecule has 0 aliphatic carbocycles. The average molecular weight is 1030 g/mol. The van der Waals surface area contributed by atoms with Gasteiger partial charge in [-0.3, -0.25) is 48.1 Å². The predicted molar refractivity (Wildman–Crippen MR) is 277 cm³/mol. The molecule has 1 fully saturated rings. The summed E-state index contributed by atoms with van der Waals surface area (Å²) >= 11 is 0. The maximum absolute atomic E-state index is 14.7. The molecule has 0 unspecified atom stereocenters. The molecule has 8 amide bonds. The SMILES string of the molecule is CCCC[C@H](NC(C)=O)C(=O)N[C@H]1CCC(=O)NCC[C@@H](C(=O)C[C@@H](Cc2c[nH]c3ccccc23)C(N)=O)CC(=O)[C@H](CCCN=C(N)N)CC(=O)[C@@H](Cc2ccccc2)NC(=O)[C@H](CCCNC(N)=O)NC1=O.